The van der Waals surface area contributed by atoms with Crippen LogP contribution in [-0.4, -0.2) is 4.98 Å². The quantitative estimate of drug-likeness (QED) is 0.876. The first kappa shape index (κ1) is 12.9. The van der Waals surface area contributed by atoms with Crippen molar-refractivity contribution in [2.45, 2.75) is 37.5 Å². The summed E-state index contributed by atoms with van der Waals surface area (Å²) in [4.78, 5) is 4.57. The average Bonchev–Trinajstić information content (AvgIpc) is 2.87. The van der Waals surface area contributed by atoms with Crippen LogP contribution in [0.5, 0.6) is 0 Å². The van der Waals surface area contributed by atoms with Crippen LogP contribution in [0.3, 0.4) is 0 Å². The fourth-order valence-corrected chi connectivity index (χ4v) is 3.99. The number of thiazole rings is 1. The molecule has 1 fully saturated rings. The Balaban J connectivity index is 2.11. The van der Waals surface area contributed by atoms with Gasteiger partial charge in [-0.05, 0) is 30.5 Å². The lowest BCUT2D eigenvalue weighted by Gasteiger charge is -2.36. The van der Waals surface area contributed by atoms with E-state index in [9.17, 15) is 0 Å². The lowest BCUT2D eigenvalue weighted by atomic mass is 9.67. The van der Waals surface area contributed by atoms with Gasteiger partial charge in [0.1, 0.15) is 0 Å². The monoisotopic (exact) mass is 292 g/mol. The minimum atomic E-state index is 0.0112. The Morgan fingerprint density at radius 2 is 2.00 bits per heavy atom. The van der Waals surface area contributed by atoms with Gasteiger partial charge in [-0.3, -0.25) is 0 Å². The van der Waals surface area contributed by atoms with Crippen LogP contribution in [0, 0.1) is 0 Å². The molecule has 1 saturated carbocycles. The molecule has 2 nitrogen and oxygen atoms in total. The van der Waals surface area contributed by atoms with Gasteiger partial charge in [-0.25, -0.2) is 4.98 Å². The Morgan fingerprint density at radius 3 is 2.63 bits per heavy atom. The number of nitrogen functional groups attached to an aromatic ring is 1. The third-order valence-electron chi connectivity index (χ3n) is 4.10. The zero-order valence-electron chi connectivity index (χ0n) is 10.7. The first-order valence-electron chi connectivity index (χ1n) is 6.68. The van der Waals surface area contributed by atoms with Crippen molar-refractivity contribution in [1.82, 2.24) is 4.98 Å². The van der Waals surface area contributed by atoms with Crippen molar-refractivity contribution in [3.8, 4) is 0 Å². The van der Waals surface area contributed by atoms with E-state index in [1.165, 1.54) is 36.2 Å². The summed E-state index contributed by atoms with van der Waals surface area (Å²) in [7, 11) is 0. The zero-order chi connectivity index (χ0) is 13.3. The van der Waals surface area contributed by atoms with Gasteiger partial charge in [0, 0.05) is 15.8 Å². The molecule has 0 spiro atoms. The molecule has 100 valence electrons. The number of aromatic nitrogens is 1. The molecule has 0 amide bonds. The van der Waals surface area contributed by atoms with E-state index in [1.807, 2.05) is 12.1 Å². The van der Waals surface area contributed by atoms with Crippen molar-refractivity contribution in [3.05, 3.63) is 45.9 Å². The molecule has 1 aliphatic carbocycles. The van der Waals surface area contributed by atoms with Crippen LogP contribution in [-0.2, 0) is 5.41 Å². The molecule has 1 heterocycles. The van der Waals surface area contributed by atoms with Crippen molar-refractivity contribution in [2.24, 2.45) is 0 Å². The highest BCUT2D eigenvalue weighted by atomic mass is 35.5. The lowest BCUT2D eigenvalue weighted by Crippen LogP contribution is -2.30. The van der Waals surface area contributed by atoms with E-state index in [4.69, 9.17) is 17.3 Å². The van der Waals surface area contributed by atoms with Gasteiger partial charge in [-0.2, -0.15) is 0 Å². The Hall–Kier alpha value is -1.06. The van der Waals surface area contributed by atoms with Gasteiger partial charge in [0.05, 0.1) is 5.69 Å². The van der Waals surface area contributed by atoms with E-state index in [0.717, 1.165) is 23.6 Å². The van der Waals surface area contributed by atoms with Crippen molar-refractivity contribution < 1.29 is 0 Å². The summed E-state index contributed by atoms with van der Waals surface area (Å²) in [6, 6.07) is 8.22. The van der Waals surface area contributed by atoms with Crippen LogP contribution >= 0.6 is 22.9 Å². The molecule has 2 N–H and O–H groups in total. The summed E-state index contributed by atoms with van der Waals surface area (Å²) in [5.41, 5.74) is 8.25. The van der Waals surface area contributed by atoms with Crippen molar-refractivity contribution >= 4 is 28.1 Å². The van der Waals surface area contributed by atoms with E-state index >= 15 is 0 Å². The molecule has 1 aromatic carbocycles. The number of halogens is 1. The maximum absolute atomic E-state index is 6.18. The second-order valence-electron chi connectivity index (χ2n) is 5.22. The Labute approximate surface area is 122 Å². The van der Waals surface area contributed by atoms with Gasteiger partial charge in [0.15, 0.2) is 5.13 Å². The van der Waals surface area contributed by atoms with E-state index in [2.05, 4.69) is 22.5 Å². The molecule has 19 heavy (non-hydrogen) atoms. The van der Waals surface area contributed by atoms with Crippen LogP contribution in [0.1, 0.15) is 43.4 Å². The zero-order valence-corrected chi connectivity index (χ0v) is 12.3. The van der Waals surface area contributed by atoms with Gasteiger partial charge >= 0.3 is 0 Å². The molecule has 0 bridgehead atoms. The third-order valence-corrected chi connectivity index (χ3v) is 5.01. The highest BCUT2D eigenvalue weighted by Gasteiger charge is 2.37. The number of nitrogens with two attached hydrogens (primary N) is 1. The van der Waals surface area contributed by atoms with Crippen molar-refractivity contribution in [3.63, 3.8) is 0 Å². The van der Waals surface area contributed by atoms with Gasteiger partial charge in [0.2, 0.25) is 0 Å². The number of hydrogen-bond donors (Lipinski definition) is 1. The number of benzene rings is 1. The topological polar surface area (TPSA) is 38.9 Å². The molecule has 1 aliphatic rings. The normalized spacial score (nSPS) is 18.4. The second-order valence-corrected chi connectivity index (χ2v) is 6.55. The molecule has 0 unspecified atom stereocenters. The fraction of sp³-hybridized carbons (Fsp3) is 0.400. The molecular formula is C15H17ClN2S. The number of nitrogens with zero attached hydrogens (tertiary/aromatic N) is 1. The van der Waals surface area contributed by atoms with Crippen LogP contribution in [0.25, 0.3) is 0 Å². The Kier molecular flexibility index (Phi) is 3.50. The summed E-state index contributed by atoms with van der Waals surface area (Å²) >= 11 is 7.71. The molecule has 0 radical (unpaired) electrons. The first-order valence-corrected chi connectivity index (χ1v) is 7.94. The SMILES string of the molecule is Nc1nc(C2(c3cccc(Cl)c3)CCCCC2)cs1. The number of rotatable bonds is 2. The van der Waals surface area contributed by atoms with Gasteiger partial charge in [-0.1, -0.05) is 43.0 Å². The van der Waals surface area contributed by atoms with Crippen LogP contribution in [0.4, 0.5) is 5.13 Å². The Morgan fingerprint density at radius 1 is 1.21 bits per heavy atom. The van der Waals surface area contributed by atoms with E-state index < -0.39 is 0 Å². The molecule has 4 heteroatoms. The fourth-order valence-electron chi connectivity index (χ4n) is 3.14. The molecule has 0 aliphatic heterocycles. The average molecular weight is 293 g/mol. The van der Waals surface area contributed by atoms with E-state index in [-0.39, 0.29) is 5.41 Å². The van der Waals surface area contributed by atoms with Crippen LogP contribution in [0.2, 0.25) is 5.02 Å². The molecule has 0 atom stereocenters. The smallest absolute Gasteiger partial charge is 0.180 e. The minimum absolute atomic E-state index is 0.0112. The van der Waals surface area contributed by atoms with Gasteiger partial charge < -0.3 is 5.73 Å². The summed E-state index contributed by atoms with van der Waals surface area (Å²) in [5, 5.41) is 3.56. The van der Waals surface area contributed by atoms with Crippen molar-refractivity contribution in [1.29, 1.82) is 0 Å². The van der Waals surface area contributed by atoms with Crippen LogP contribution < -0.4 is 5.73 Å². The highest BCUT2D eigenvalue weighted by molar-refractivity contribution is 7.13. The molecule has 2 aromatic rings. The maximum atomic E-state index is 6.18. The molecular weight excluding hydrogens is 276 g/mol. The molecule has 0 saturated heterocycles. The van der Waals surface area contributed by atoms with Crippen LogP contribution in [0.15, 0.2) is 29.6 Å². The minimum Gasteiger partial charge on any atom is -0.375 e. The summed E-state index contributed by atoms with van der Waals surface area (Å²) in [6.45, 7) is 0. The highest BCUT2D eigenvalue weighted by Crippen LogP contribution is 2.45. The Bertz CT molecular complexity index is 573. The summed E-state index contributed by atoms with van der Waals surface area (Å²) < 4.78 is 0. The predicted octanol–water partition coefficient (Wildman–Crippen LogP) is 4.63. The largest absolute Gasteiger partial charge is 0.375 e. The van der Waals surface area contributed by atoms with E-state index in [0.29, 0.717) is 5.13 Å². The molecule has 3 rings (SSSR count). The summed E-state index contributed by atoms with van der Waals surface area (Å²) in [6.07, 6.45) is 6.06. The second kappa shape index (κ2) is 5.14. The number of anilines is 1. The standard InChI is InChI=1S/C15H17ClN2S/c16-12-6-4-5-11(9-12)15(7-2-1-3-8-15)13-10-19-14(17)18-13/h4-6,9-10H,1-3,7-8H2,(H2,17,18). The van der Waals surface area contributed by atoms with Crippen molar-refractivity contribution in [2.75, 3.05) is 5.73 Å². The van der Waals surface area contributed by atoms with Gasteiger partial charge in [0.25, 0.3) is 0 Å². The maximum Gasteiger partial charge on any atom is 0.180 e. The van der Waals surface area contributed by atoms with Gasteiger partial charge in [-0.15, -0.1) is 11.3 Å². The third kappa shape index (κ3) is 2.37. The molecule has 1 aromatic heterocycles. The summed E-state index contributed by atoms with van der Waals surface area (Å²) in [5.74, 6) is 0. The van der Waals surface area contributed by atoms with E-state index in [1.54, 1.807) is 0 Å². The number of hydrogen-bond acceptors (Lipinski definition) is 3. The lowest BCUT2D eigenvalue weighted by molar-refractivity contribution is 0.340. The first-order chi connectivity index (χ1) is 9.21. The predicted molar refractivity (Wildman–Crippen MR) is 81.8 cm³/mol.